The summed E-state index contributed by atoms with van der Waals surface area (Å²) < 4.78 is 10.9. The maximum Gasteiger partial charge on any atom is 0.248 e. The first kappa shape index (κ1) is 24.5. The van der Waals surface area contributed by atoms with Gasteiger partial charge in [-0.2, -0.15) is 0 Å². The topological polar surface area (TPSA) is 80.9 Å². The number of rotatable bonds is 10. The maximum atomic E-state index is 12.0. The van der Waals surface area contributed by atoms with Gasteiger partial charge in [0.05, 0.1) is 25.6 Å². The van der Waals surface area contributed by atoms with Gasteiger partial charge in [0.1, 0.15) is 11.5 Å². The van der Waals surface area contributed by atoms with Crippen LogP contribution in [0.25, 0.3) is 11.3 Å². The lowest BCUT2D eigenvalue weighted by molar-refractivity contribution is 0.0999. The van der Waals surface area contributed by atoms with Crippen LogP contribution in [-0.4, -0.2) is 62.7 Å². The molecule has 184 valence electrons. The van der Waals surface area contributed by atoms with Gasteiger partial charge in [-0.3, -0.25) is 14.7 Å². The molecule has 1 aromatic heterocycles. The minimum Gasteiger partial charge on any atom is -0.497 e. The molecule has 35 heavy (non-hydrogen) atoms. The van der Waals surface area contributed by atoms with E-state index in [1.54, 1.807) is 20.4 Å². The number of ether oxygens (including phenoxy) is 2. The summed E-state index contributed by atoms with van der Waals surface area (Å²) >= 11 is 0. The average molecular weight is 475 g/mol. The minimum atomic E-state index is -0.377. The Bertz CT molecular complexity index is 1130. The van der Waals surface area contributed by atoms with Crippen molar-refractivity contribution in [2.75, 3.05) is 51.8 Å². The summed E-state index contributed by atoms with van der Waals surface area (Å²) in [5, 5.41) is 0. The standard InChI is InChI=1S/C28H34N4O3/c1-34-23-10-12-26(27(20-23)35-2)32-17-15-31(16-18-32)14-6-4-7-21-19-22(9-11-24(21)28(29)33)25-8-3-5-13-30-25/h3,5,8-13,19-20H,4,6-7,14-18H2,1-2H3,(H2,29,33). The van der Waals surface area contributed by atoms with Gasteiger partial charge in [-0.15, -0.1) is 0 Å². The van der Waals surface area contributed by atoms with Crippen molar-refractivity contribution in [2.24, 2.45) is 5.73 Å². The number of benzene rings is 2. The molecule has 1 amide bonds. The van der Waals surface area contributed by atoms with Gasteiger partial charge in [-0.25, -0.2) is 0 Å². The zero-order chi connectivity index (χ0) is 24.6. The quantitative estimate of drug-likeness (QED) is 0.447. The molecule has 2 heterocycles. The van der Waals surface area contributed by atoms with E-state index in [4.69, 9.17) is 15.2 Å². The molecule has 0 saturated carbocycles. The molecule has 1 saturated heterocycles. The molecule has 7 heteroatoms. The summed E-state index contributed by atoms with van der Waals surface area (Å²) in [6.45, 7) is 4.98. The first-order valence-electron chi connectivity index (χ1n) is 12.1. The maximum absolute atomic E-state index is 12.0. The minimum absolute atomic E-state index is 0.377. The normalized spacial score (nSPS) is 14.1. The van der Waals surface area contributed by atoms with E-state index in [2.05, 4.69) is 26.9 Å². The molecule has 7 nitrogen and oxygen atoms in total. The first-order valence-corrected chi connectivity index (χ1v) is 12.1. The van der Waals surface area contributed by atoms with Crippen molar-refractivity contribution in [3.8, 4) is 22.8 Å². The van der Waals surface area contributed by atoms with Crippen LogP contribution in [0.4, 0.5) is 5.69 Å². The molecule has 2 N–H and O–H groups in total. The number of nitrogens with two attached hydrogens (primary N) is 1. The first-order chi connectivity index (χ1) is 17.1. The predicted octanol–water partition coefficient (Wildman–Crippen LogP) is 4.01. The van der Waals surface area contributed by atoms with Gasteiger partial charge in [0.25, 0.3) is 0 Å². The highest BCUT2D eigenvalue weighted by Gasteiger charge is 2.20. The molecule has 0 bridgehead atoms. The smallest absolute Gasteiger partial charge is 0.248 e. The van der Waals surface area contributed by atoms with E-state index < -0.39 is 0 Å². The van der Waals surface area contributed by atoms with Crippen LogP contribution in [0.2, 0.25) is 0 Å². The molecule has 1 fully saturated rings. The Balaban J connectivity index is 1.29. The molecule has 0 radical (unpaired) electrons. The molecule has 0 unspecified atom stereocenters. The number of hydrogen-bond donors (Lipinski definition) is 1. The summed E-state index contributed by atoms with van der Waals surface area (Å²) in [5.74, 6) is 1.27. The summed E-state index contributed by atoms with van der Waals surface area (Å²) in [4.78, 5) is 21.3. The summed E-state index contributed by atoms with van der Waals surface area (Å²) in [7, 11) is 3.36. The van der Waals surface area contributed by atoms with Crippen molar-refractivity contribution in [1.82, 2.24) is 9.88 Å². The number of aryl methyl sites for hydroxylation is 1. The summed E-state index contributed by atoms with van der Waals surface area (Å²) in [5.41, 5.74) is 10.3. The van der Waals surface area contributed by atoms with E-state index in [1.807, 2.05) is 42.5 Å². The number of carbonyl (C=O) groups is 1. The van der Waals surface area contributed by atoms with Gasteiger partial charge in [-0.05, 0) is 67.8 Å². The molecule has 1 aliphatic heterocycles. The SMILES string of the molecule is COc1ccc(N2CCN(CCCCc3cc(-c4ccccn4)ccc3C(N)=O)CC2)c(OC)c1. The van der Waals surface area contributed by atoms with E-state index in [0.717, 1.165) is 86.0 Å². The number of unbranched alkanes of at least 4 members (excludes halogenated alkanes) is 1. The van der Waals surface area contributed by atoms with Crippen LogP contribution >= 0.6 is 0 Å². The van der Waals surface area contributed by atoms with Crippen molar-refractivity contribution in [3.63, 3.8) is 0 Å². The van der Waals surface area contributed by atoms with E-state index in [1.165, 1.54) is 0 Å². The van der Waals surface area contributed by atoms with Crippen molar-refractivity contribution in [1.29, 1.82) is 0 Å². The fourth-order valence-electron chi connectivity index (χ4n) is 4.64. The zero-order valence-electron chi connectivity index (χ0n) is 20.6. The number of hydrogen-bond acceptors (Lipinski definition) is 6. The highest BCUT2D eigenvalue weighted by Crippen LogP contribution is 2.32. The second kappa shape index (κ2) is 11.7. The zero-order valence-corrected chi connectivity index (χ0v) is 20.6. The summed E-state index contributed by atoms with van der Waals surface area (Å²) in [6.07, 6.45) is 4.67. The van der Waals surface area contributed by atoms with Crippen LogP contribution in [0.5, 0.6) is 11.5 Å². The van der Waals surface area contributed by atoms with Crippen LogP contribution in [0.1, 0.15) is 28.8 Å². The highest BCUT2D eigenvalue weighted by atomic mass is 16.5. The van der Waals surface area contributed by atoms with Gasteiger partial charge >= 0.3 is 0 Å². The molecule has 3 aromatic rings. The number of primary amides is 1. The van der Waals surface area contributed by atoms with E-state index >= 15 is 0 Å². The number of nitrogens with zero attached hydrogens (tertiary/aromatic N) is 3. The molecule has 4 rings (SSSR count). The monoisotopic (exact) mass is 474 g/mol. The fraction of sp³-hybridized carbons (Fsp3) is 0.357. The Hall–Kier alpha value is -3.58. The number of methoxy groups -OCH3 is 2. The van der Waals surface area contributed by atoms with Crippen molar-refractivity contribution in [3.05, 3.63) is 71.9 Å². The predicted molar refractivity (Wildman–Crippen MR) is 139 cm³/mol. The largest absolute Gasteiger partial charge is 0.497 e. The Morgan fingerprint density at radius 3 is 2.49 bits per heavy atom. The number of amides is 1. The third-order valence-corrected chi connectivity index (χ3v) is 6.60. The van der Waals surface area contributed by atoms with Crippen LogP contribution in [0, 0.1) is 0 Å². The number of anilines is 1. The third kappa shape index (κ3) is 6.11. The molecule has 0 atom stereocenters. The van der Waals surface area contributed by atoms with Crippen molar-refractivity contribution < 1.29 is 14.3 Å². The van der Waals surface area contributed by atoms with Crippen LogP contribution < -0.4 is 20.1 Å². The summed E-state index contributed by atoms with van der Waals surface area (Å²) in [6, 6.07) is 17.6. The second-order valence-corrected chi connectivity index (χ2v) is 8.77. The van der Waals surface area contributed by atoms with E-state index in [-0.39, 0.29) is 5.91 Å². The van der Waals surface area contributed by atoms with E-state index in [0.29, 0.717) is 5.56 Å². The third-order valence-electron chi connectivity index (χ3n) is 6.60. The second-order valence-electron chi connectivity index (χ2n) is 8.77. The van der Waals surface area contributed by atoms with E-state index in [9.17, 15) is 4.79 Å². The fourth-order valence-corrected chi connectivity index (χ4v) is 4.64. The Kier molecular flexibility index (Phi) is 8.21. The Labute approximate surface area is 207 Å². The number of piperazine rings is 1. The Morgan fingerprint density at radius 1 is 0.971 bits per heavy atom. The molecule has 0 aliphatic carbocycles. The number of aromatic nitrogens is 1. The Morgan fingerprint density at radius 2 is 1.80 bits per heavy atom. The van der Waals surface area contributed by atoms with Gasteiger partial charge in [0, 0.05) is 49.6 Å². The van der Waals surface area contributed by atoms with Crippen LogP contribution in [0.3, 0.4) is 0 Å². The molecule has 2 aromatic carbocycles. The number of carbonyl (C=O) groups excluding carboxylic acids is 1. The van der Waals surface area contributed by atoms with Crippen molar-refractivity contribution in [2.45, 2.75) is 19.3 Å². The average Bonchev–Trinajstić information content (AvgIpc) is 2.91. The van der Waals surface area contributed by atoms with Gasteiger partial charge in [0.15, 0.2) is 0 Å². The number of pyridine rings is 1. The van der Waals surface area contributed by atoms with Crippen LogP contribution in [0.15, 0.2) is 60.8 Å². The van der Waals surface area contributed by atoms with Crippen molar-refractivity contribution >= 4 is 11.6 Å². The lowest BCUT2D eigenvalue weighted by atomic mass is 9.97. The lowest BCUT2D eigenvalue weighted by Crippen LogP contribution is -2.46. The lowest BCUT2D eigenvalue weighted by Gasteiger charge is -2.36. The van der Waals surface area contributed by atoms with Gasteiger partial charge in [-0.1, -0.05) is 12.1 Å². The van der Waals surface area contributed by atoms with Gasteiger partial charge in [0.2, 0.25) is 5.91 Å². The molecular formula is C28H34N4O3. The van der Waals surface area contributed by atoms with Crippen LogP contribution in [-0.2, 0) is 6.42 Å². The molecular weight excluding hydrogens is 440 g/mol. The van der Waals surface area contributed by atoms with Gasteiger partial charge < -0.3 is 20.1 Å². The molecule has 0 spiro atoms. The highest BCUT2D eigenvalue weighted by molar-refractivity contribution is 5.95. The molecule has 1 aliphatic rings.